The Kier molecular flexibility index (Phi) is 4.05. The van der Waals surface area contributed by atoms with E-state index in [2.05, 4.69) is 5.32 Å². The van der Waals surface area contributed by atoms with Crippen LogP contribution in [0.1, 0.15) is 0 Å². The van der Waals surface area contributed by atoms with Gasteiger partial charge in [0.15, 0.2) is 11.5 Å². The van der Waals surface area contributed by atoms with Crippen molar-refractivity contribution in [1.29, 1.82) is 0 Å². The van der Waals surface area contributed by atoms with E-state index >= 15 is 0 Å². The molecule has 0 spiro atoms. The molecule has 6 heteroatoms. The van der Waals surface area contributed by atoms with E-state index in [1.54, 1.807) is 12.1 Å². The molecule has 0 aliphatic heterocycles. The summed E-state index contributed by atoms with van der Waals surface area (Å²) in [6, 6.07) is 3.19. The van der Waals surface area contributed by atoms with Crippen LogP contribution < -0.4 is 14.8 Å². The Labute approximate surface area is 97.1 Å². The van der Waals surface area contributed by atoms with Crippen LogP contribution in [-0.4, -0.2) is 19.6 Å². The molecule has 0 aliphatic rings. The number of carbonyl (C=O) groups is 1. The summed E-state index contributed by atoms with van der Waals surface area (Å²) in [4.78, 5) is 10.6. The van der Waals surface area contributed by atoms with Gasteiger partial charge in [0.25, 0.3) is 0 Å². The first kappa shape index (κ1) is 11.9. The van der Waals surface area contributed by atoms with Crippen molar-refractivity contribution in [3.05, 3.63) is 17.2 Å². The third-order valence-electron chi connectivity index (χ3n) is 1.72. The summed E-state index contributed by atoms with van der Waals surface area (Å²) in [5.41, 5.74) is 0.370. The second kappa shape index (κ2) is 5.09. The molecule has 0 radical (unpaired) electrons. The summed E-state index contributed by atoms with van der Waals surface area (Å²) in [5, 5.41) is 1.88. The molecule has 0 bridgehead atoms. The van der Waals surface area contributed by atoms with Gasteiger partial charge in [-0.25, -0.2) is 0 Å². The molecule has 1 aromatic carbocycles. The van der Waals surface area contributed by atoms with Crippen LogP contribution in [0.15, 0.2) is 12.1 Å². The zero-order valence-electron chi connectivity index (χ0n) is 8.14. The van der Waals surface area contributed by atoms with E-state index in [1.165, 1.54) is 14.2 Å². The zero-order chi connectivity index (χ0) is 11.4. The average molecular weight is 250 g/mol. The Bertz CT molecular complexity index is 382. The van der Waals surface area contributed by atoms with E-state index in [4.69, 9.17) is 32.7 Å². The Hall–Kier alpha value is -1.13. The fraction of sp³-hybridized carbons (Fsp3) is 0.222. The van der Waals surface area contributed by atoms with Crippen molar-refractivity contribution in [2.45, 2.75) is 0 Å². The minimum Gasteiger partial charge on any atom is -0.493 e. The van der Waals surface area contributed by atoms with Crippen molar-refractivity contribution in [1.82, 2.24) is 0 Å². The summed E-state index contributed by atoms with van der Waals surface area (Å²) in [5.74, 6) is 0.831. The van der Waals surface area contributed by atoms with Gasteiger partial charge in [0.05, 0.1) is 19.9 Å². The van der Waals surface area contributed by atoms with Crippen molar-refractivity contribution in [2.75, 3.05) is 19.5 Å². The Balaban J connectivity index is 3.16. The number of carbonyl (C=O) groups excluding carboxylic acids is 1. The molecule has 4 nitrogen and oxygen atoms in total. The molecule has 82 valence electrons. The molecule has 0 saturated carbocycles. The largest absolute Gasteiger partial charge is 0.493 e. The summed E-state index contributed by atoms with van der Waals surface area (Å²) >= 11 is 11.1. The molecule has 0 aliphatic carbocycles. The highest BCUT2D eigenvalue weighted by Gasteiger charge is 2.13. The molecule has 0 fully saturated rings. The second-order valence-corrected chi connectivity index (χ2v) is 3.28. The van der Waals surface area contributed by atoms with Gasteiger partial charge < -0.3 is 14.8 Å². The maximum atomic E-state index is 10.6. The van der Waals surface area contributed by atoms with Crippen molar-refractivity contribution in [3.63, 3.8) is 0 Å². The lowest BCUT2D eigenvalue weighted by molar-refractivity contribution is 0.269. The maximum absolute atomic E-state index is 10.6. The Morgan fingerprint density at radius 3 is 2.47 bits per heavy atom. The summed E-state index contributed by atoms with van der Waals surface area (Å²) < 4.78 is 10.1. The van der Waals surface area contributed by atoms with Gasteiger partial charge >= 0.3 is 5.37 Å². The highest BCUT2D eigenvalue weighted by Crippen LogP contribution is 2.39. The predicted molar refractivity (Wildman–Crippen MR) is 59.4 cm³/mol. The number of benzene rings is 1. The number of hydrogen-bond donors (Lipinski definition) is 1. The smallest absolute Gasteiger partial charge is 0.318 e. The standard InChI is InChI=1S/C9H9Cl2NO3/c1-14-6-4-3-5(12-9(11)13)7(10)8(6)15-2/h3-4H,1-2H3,(H,12,13). The van der Waals surface area contributed by atoms with Gasteiger partial charge in [-0.3, -0.25) is 4.79 Å². The van der Waals surface area contributed by atoms with Crippen molar-refractivity contribution in [3.8, 4) is 11.5 Å². The summed E-state index contributed by atoms with van der Waals surface area (Å²) in [6.07, 6.45) is 0. The van der Waals surface area contributed by atoms with Crippen LogP contribution in [0.5, 0.6) is 11.5 Å². The molecular weight excluding hydrogens is 241 g/mol. The number of anilines is 1. The summed E-state index contributed by atoms with van der Waals surface area (Å²) in [6.45, 7) is 0. The second-order valence-electron chi connectivity index (χ2n) is 2.56. The number of rotatable bonds is 3. The first-order chi connectivity index (χ1) is 7.10. The maximum Gasteiger partial charge on any atom is 0.318 e. The molecule has 0 unspecified atom stereocenters. The number of ether oxygens (including phenoxy) is 2. The lowest BCUT2D eigenvalue weighted by Crippen LogP contribution is -2.02. The molecule has 1 aromatic rings. The molecule has 1 amide bonds. The normalized spacial score (nSPS) is 9.60. The first-order valence-corrected chi connectivity index (χ1v) is 4.72. The molecule has 15 heavy (non-hydrogen) atoms. The molecule has 0 aromatic heterocycles. The highest BCUT2D eigenvalue weighted by molar-refractivity contribution is 6.66. The van der Waals surface area contributed by atoms with Gasteiger partial charge in [0.1, 0.15) is 5.02 Å². The predicted octanol–water partition coefficient (Wildman–Crippen LogP) is 3.13. The van der Waals surface area contributed by atoms with Crippen LogP contribution in [-0.2, 0) is 0 Å². The number of methoxy groups -OCH3 is 2. The van der Waals surface area contributed by atoms with Crippen LogP contribution in [0.2, 0.25) is 5.02 Å². The Morgan fingerprint density at radius 1 is 1.33 bits per heavy atom. The van der Waals surface area contributed by atoms with Gasteiger partial charge in [0.2, 0.25) is 0 Å². The minimum absolute atomic E-state index is 0.242. The van der Waals surface area contributed by atoms with Gasteiger partial charge in [0, 0.05) is 0 Å². The average Bonchev–Trinajstić information content (AvgIpc) is 2.20. The lowest BCUT2D eigenvalue weighted by Gasteiger charge is -2.12. The van der Waals surface area contributed by atoms with Crippen molar-refractivity contribution in [2.24, 2.45) is 0 Å². The van der Waals surface area contributed by atoms with Crippen LogP contribution in [0.25, 0.3) is 0 Å². The van der Waals surface area contributed by atoms with E-state index in [1.807, 2.05) is 0 Å². The third-order valence-corrected chi connectivity index (χ3v) is 2.19. The third kappa shape index (κ3) is 2.67. The monoisotopic (exact) mass is 249 g/mol. The van der Waals surface area contributed by atoms with Gasteiger partial charge in [-0.1, -0.05) is 11.6 Å². The molecule has 1 rings (SSSR count). The van der Waals surface area contributed by atoms with E-state index in [-0.39, 0.29) is 5.02 Å². The topological polar surface area (TPSA) is 47.6 Å². The first-order valence-electron chi connectivity index (χ1n) is 3.97. The Morgan fingerprint density at radius 2 is 2.00 bits per heavy atom. The fourth-order valence-corrected chi connectivity index (χ4v) is 1.47. The number of hydrogen-bond acceptors (Lipinski definition) is 3. The number of nitrogens with one attached hydrogen (secondary N) is 1. The number of halogens is 2. The quantitative estimate of drug-likeness (QED) is 0.662. The van der Waals surface area contributed by atoms with Crippen LogP contribution in [0, 0.1) is 0 Å². The van der Waals surface area contributed by atoms with E-state index in [0.29, 0.717) is 17.2 Å². The molecule has 0 saturated heterocycles. The van der Waals surface area contributed by atoms with E-state index in [0.717, 1.165) is 0 Å². The van der Waals surface area contributed by atoms with E-state index in [9.17, 15) is 4.79 Å². The SMILES string of the molecule is COc1ccc(NC(=O)Cl)c(Cl)c1OC. The highest BCUT2D eigenvalue weighted by atomic mass is 35.5. The summed E-state index contributed by atoms with van der Waals surface area (Å²) in [7, 11) is 2.95. The number of amides is 1. The van der Waals surface area contributed by atoms with Crippen LogP contribution >= 0.6 is 23.2 Å². The van der Waals surface area contributed by atoms with Gasteiger partial charge in [-0.2, -0.15) is 0 Å². The van der Waals surface area contributed by atoms with E-state index < -0.39 is 5.37 Å². The fourth-order valence-electron chi connectivity index (χ4n) is 1.09. The molecular formula is C9H9Cl2NO3. The van der Waals surface area contributed by atoms with Crippen molar-refractivity contribution >= 4 is 34.3 Å². The van der Waals surface area contributed by atoms with Gasteiger partial charge in [-0.05, 0) is 23.7 Å². The van der Waals surface area contributed by atoms with Gasteiger partial charge in [-0.15, -0.1) is 0 Å². The molecule has 0 atom stereocenters. The lowest BCUT2D eigenvalue weighted by atomic mass is 10.2. The van der Waals surface area contributed by atoms with Crippen LogP contribution in [0.4, 0.5) is 10.5 Å². The van der Waals surface area contributed by atoms with Crippen molar-refractivity contribution < 1.29 is 14.3 Å². The molecule has 0 heterocycles. The molecule has 1 N–H and O–H groups in total. The van der Waals surface area contributed by atoms with Crippen LogP contribution in [0.3, 0.4) is 0 Å². The zero-order valence-corrected chi connectivity index (χ0v) is 9.65. The minimum atomic E-state index is -0.718.